The Hall–Kier alpha value is -0.650. The summed E-state index contributed by atoms with van der Waals surface area (Å²) in [6.07, 6.45) is 0. The van der Waals surface area contributed by atoms with Gasteiger partial charge in [-0.15, -0.1) is 22.9 Å². The maximum absolute atomic E-state index is 11.5. The van der Waals surface area contributed by atoms with Gasteiger partial charge in [-0.05, 0) is 20.9 Å². The minimum atomic E-state index is 0.0379. The zero-order chi connectivity index (χ0) is 12.8. The molecule has 1 amide bonds. The normalized spacial score (nSPS) is 12.8. The molecule has 0 aliphatic rings. The minimum absolute atomic E-state index is 0.0379. The van der Waals surface area contributed by atoms with Crippen molar-refractivity contribution < 1.29 is 4.79 Å². The number of nitrogens with zero attached hydrogens (tertiary/aromatic N) is 2. The SMILES string of the molecule is CCNC(=O)CN(C)C(C)c1nc(CCl)cs1. The number of hydrogen-bond donors (Lipinski definition) is 1. The predicted octanol–water partition coefficient (Wildman–Crippen LogP) is 2.01. The van der Waals surface area contributed by atoms with Gasteiger partial charge < -0.3 is 5.32 Å². The molecule has 0 bridgehead atoms. The van der Waals surface area contributed by atoms with Gasteiger partial charge in [0.1, 0.15) is 5.01 Å². The number of carbonyl (C=O) groups excluding carboxylic acids is 1. The molecule has 0 saturated carbocycles. The molecule has 0 aliphatic heterocycles. The molecule has 1 unspecified atom stereocenters. The number of hydrogen-bond acceptors (Lipinski definition) is 4. The first kappa shape index (κ1) is 14.4. The first-order chi connectivity index (χ1) is 8.08. The standard InChI is InChI=1S/C11H18ClN3OS/c1-4-13-10(16)6-15(3)8(2)11-14-9(5-12)7-17-11/h7-8H,4-6H2,1-3H3,(H,13,16). The summed E-state index contributed by atoms with van der Waals surface area (Å²) < 4.78 is 0. The van der Waals surface area contributed by atoms with Crippen LogP contribution in [0.25, 0.3) is 0 Å². The summed E-state index contributed by atoms with van der Waals surface area (Å²) in [5.74, 6) is 0.472. The maximum Gasteiger partial charge on any atom is 0.234 e. The second kappa shape index (κ2) is 6.93. The van der Waals surface area contributed by atoms with E-state index in [1.165, 1.54) is 0 Å². The van der Waals surface area contributed by atoms with Gasteiger partial charge in [0, 0.05) is 11.9 Å². The van der Waals surface area contributed by atoms with Gasteiger partial charge in [-0.3, -0.25) is 9.69 Å². The zero-order valence-electron chi connectivity index (χ0n) is 10.4. The number of rotatable bonds is 6. The summed E-state index contributed by atoms with van der Waals surface area (Å²) in [7, 11) is 1.92. The summed E-state index contributed by atoms with van der Waals surface area (Å²) >= 11 is 7.30. The molecule has 1 heterocycles. The smallest absolute Gasteiger partial charge is 0.234 e. The third-order valence-electron chi connectivity index (χ3n) is 2.49. The summed E-state index contributed by atoms with van der Waals surface area (Å²) in [5, 5.41) is 5.73. The van der Waals surface area contributed by atoms with Crippen LogP contribution in [0.4, 0.5) is 0 Å². The number of amides is 1. The first-order valence-corrected chi connectivity index (χ1v) is 6.97. The number of aromatic nitrogens is 1. The average molecular weight is 276 g/mol. The van der Waals surface area contributed by atoms with Gasteiger partial charge in [-0.25, -0.2) is 4.98 Å². The molecule has 0 radical (unpaired) electrons. The van der Waals surface area contributed by atoms with E-state index < -0.39 is 0 Å². The van der Waals surface area contributed by atoms with Crippen molar-refractivity contribution in [3.63, 3.8) is 0 Å². The number of thiazole rings is 1. The Morgan fingerprint density at radius 1 is 1.71 bits per heavy atom. The van der Waals surface area contributed by atoms with Crippen LogP contribution in [0.15, 0.2) is 5.38 Å². The molecule has 1 rings (SSSR count). The highest BCUT2D eigenvalue weighted by molar-refractivity contribution is 7.09. The molecule has 1 aromatic rings. The molecule has 17 heavy (non-hydrogen) atoms. The van der Waals surface area contributed by atoms with Crippen molar-refractivity contribution in [2.45, 2.75) is 25.8 Å². The van der Waals surface area contributed by atoms with Crippen molar-refractivity contribution >= 4 is 28.8 Å². The number of likely N-dealkylation sites (N-methyl/N-ethyl adjacent to an activating group) is 2. The van der Waals surface area contributed by atoms with Gasteiger partial charge in [0.2, 0.25) is 5.91 Å². The first-order valence-electron chi connectivity index (χ1n) is 5.55. The largest absolute Gasteiger partial charge is 0.355 e. The summed E-state index contributed by atoms with van der Waals surface area (Å²) in [5.41, 5.74) is 0.893. The van der Waals surface area contributed by atoms with Crippen molar-refractivity contribution in [2.24, 2.45) is 0 Å². The summed E-state index contributed by atoms with van der Waals surface area (Å²) in [6.45, 7) is 4.99. The Labute approximate surface area is 111 Å². The van der Waals surface area contributed by atoms with E-state index in [1.54, 1.807) is 11.3 Å². The Morgan fingerprint density at radius 2 is 2.41 bits per heavy atom. The fourth-order valence-electron chi connectivity index (χ4n) is 1.38. The molecule has 96 valence electrons. The lowest BCUT2D eigenvalue weighted by Crippen LogP contribution is -2.36. The van der Waals surface area contributed by atoms with Crippen LogP contribution in [-0.2, 0) is 10.7 Å². The number of carbonyl (C=O) groups is 1. The van der Waals surface area contributed by atoms with Crippen LogP contribution in [0.2, 0.25) is 0 Å². The third-order valence-corrected chi connectivity index (χ3v) is 3.83. The van der Waals surface area contributed by atoms with E-state index in [9.17, 15) is 4.79 Å². The topological polar surface area (TPSA) is 45.2 Å². The van der Waals surface area contributed by atoms with Crippen LogP contribution in [0.5, 0.6) is 0 Å². The van der Waals surface area contributed by atoms with E-state index in [0.717, 1.165) is 10.7 Å². The van der Waals surface area contributed by atoms with E-state index in [2.05, 4.69) is 10.3 Å². The zero-order valence-corrected chi connectivity index (χ0v) is 11.9. The second-order valence-corrected chi connectivity index (χ2v) is 5.01. The molecule has 4 nitrogen and oxygen atoms in total. The Balaban J connectivity index is 2.56. The number of halogens is 1. The number of nitrogens with one attached hydrogen (secondary N) is 1. The second-order valence-electron chi connectivity index (χ2n) is 3.86. The van der Waals surface area contributed by atoms with Gasteiger partial charge in [-0.2, -0.15) is 0 Å². The molecular formula is C11H18ClN3OS. The van der Waals surface area contributed by atoms with Crippen molar-refractivity contribution in [1.29, 1.82) is 0 Å². The lowest BCUT2D eigenvalue weighted by Gasteiger charge is -2.22. The highest BCUT2D eigenvalue weighted by Crippen LogP contribution is 2.22. The van der Waals surface area contributed by atoms with E-state index in [4.69, 9.17) is 11.6 Å². The van der Waals surface area contributed by atoms with Crippen LogP contribution < -0.4 is 5.32 Å². The quantitative estimate of drug-likeness (QED) is 0.808. The Morgan fingerprint density at radius 3 is 2.94 bits per heavy atom. The molecule has 1 atom stereocenters. The van der Waals surface area contributed by atoms with Crippen LogP contribution in [0.1, 0.15) is 30.6 Å². The predicted molar refractivity (Wildman–Crippen MR) is 71.4 cm³/mol. The van der Waals surface area contributed by atoms with E-state index in [-0.39, 0.29) is 11.9 Å². The van der Waals surface area contributed by atoms with Gasteiger partial charge >= 0.3 is 0 Å². The molecule has 0 spiro atoms. The molecule has 6 heteroatoms. The average Bonchev–Trinajstić information content (AvgIpc) is 2.76. The van der Waals surface area contributed by atoms with Crippen LogP contribution in [-0.4, -0.2) is 35.9 Å². The van der Waals surface area contributed by atoms with E-state index in [0.29, 0.717) is 19.0 Å². The lowest BCUT2D eigenvalue weighted by molar-refractivity contribution is -0.122. The minimum Gasteiger partial charge on any atom is -0.355 e. The van der Waals surface area contributed by atoms with E-state index >= 15 is 0 Å². The molecule has 1 N–H and O–H groups in total. The highest BCUT2D eigenvalue weighted by Gasteiger charge is 2.17. The van der Waals surface area contributed by atoms with Gasteiger partial charge in [0.25, 0.3) is 0 Å². The molecule has 0 aromatic carbocycles. The van der Waals surface area contributed by atoms with Crippen molar-refractivity contribution in [2.75, 3.05) is 20.1 Å². The monoisotopic (exact) mass is 275 g/mol. The van der Waals surface area contributed by atoms with Crippen molar-refractivity contribution in [1.82, 2.24) is 15.2 Å². The molecule has 0 aliphatic carbocycles. The summed E-state index contributed by atoms with van der Waals surface area (Å²) in [6, 6.07) is 0.125. The van der Waals surface area contributed by atoms with Gasteiger partial charge in [0.05, 0.1) is 24.2 Å². The van der Waals surface area contributed by atoms with Crippen molar-refractivity contribution in [3.8, 4) is 0 Å². The van der Waals surface area contributed by atoms with Crippen LogP contribution >= 0.6 is 22.9 Å². The number of alkyl halides is 1. The van der Waals surface area contributed by atoms with E-state index in [1.807, 2.05) is 31.2 Å². The summed E-state index contributed by atoms with van der Waals surface area (Å²) in [4.78, 5) is 17.8. The molecule has 1 aromatic heterocycles. The molecule has 0 fully saturated rings. The van der Waals surface area contributed by atoms with Crippen molar-refractivity contribution in [3.05, 3.63) is 16.1 Å². The lowest BCUT2D eigenvalue weighted by atomic mass is 10.3. The van der Waals surface area contributed by atoms with Crippen LogP contribution in [0.3, 0.4) is 0 Å². The molecule has 0 saturated heterocycles. The third kappa shape index (κ3) is 4.26. The van der Waals surface area contributed by atoms with Gasteiger partial charge in [-0.1, -0.05) is 0 Å². The highest BCUT2D eigenvalue weighted by atomic mass is 35.5. The molecular weight excluding hydrogens is 258 g/mol. The fraction of sp³-hybridized carbons (Fsp3) is 0.636. The fourth-order valence-corrected chi connectivity index (χ4v) is 2.55. The van der Waals surface area contributed by atoms with Crippen LogP contribution in [0, 0.1) is 0 Å². The Kier molecular flexibility index (Phi) is 5.88. The Bertz CT molecular complexity index is 369. The van der Waals surface area contributed by atoms with Gasteiger partial charge in [0.15, 0.2) is 0 Å². The maximum atomic E-state index is 11.5.